The van der Waals surface area contributed by atoms with E-state index in [4.69, 9.17) is 4.52 Å². The third-order valence-corrected chi connectivity index (χ3v) is 7.77. The first-order chi connectivity index (χ1) is 17.9. The number of Topliss-reactive ketones (excluding diaryl/α,β-unsaturated/α-hetero) is 1. The molecule has 0 aliphatic heterocycles. The number of ketones is 1. The monoisotopic (exact) mass is 505 g/mol. The van der Waals surface area contributed by atoms with Gasteiger partial charge in [0.05, 0.1) is 23.1 Å². The molecule has 37 heavy (non-hydrogen) atoms. The van der Waals surface area contributed by atoms with Crippen LogP contribution in [0.5, 0.6) is 0 Å². The Morgan fingerprint density at radius 2 is 1.70 bits per heavy atom. The Balaban J connectivity index is 0.000000164. The van der Waals surface area contributed by atoms with E-state index < -0.39 is 11.6 Å². The van der Waals surface area contributed by atoms with Crippen LogP contribution >= 0.6 is 0 Å². The van der Waals surface area contributed by atoms with Crippen LogP contribution in [0.4, 0.5) is 8.78 Å². The zero-order valence-electron chi connectivity index (χ0n) is 21.5. The molecule has 0 N–H and O–H groups in total. The molecule has 5 nitrogen and oxygen atoms in total. The summed E-state index contributed by atoms with van der Waals surface area (Å²) in [5.41, 5.74) is 6.07. The van der Waals surface area contributed by atoms with E-state index in [0.29, 0.717) is 18.0 Å². The summed E-state index contributed by atoms with van der Waals surface area (Å²) in [6.45, 7) is 3.94. The van der Waals surface area contributed by atoms with Crippen LogP contribution in [0.15, 0.2) is 47.2 Å². The Morgan fingerprint density at radius 3 is 2.41 bits per heavy atom. The van der Waals surface area contributed by atoms with Crippen LogP contribution in [-0.2, 0) is 4.79 Å². The van der Waals surface area contributed by atoms with Gasteiger partial charge in [0.15, 0.2) is 11.6 Å². The number of fused-ring (bicyclic) bond motifs is 1. The minimum atomic E-state index is -0.870. The van der Waals surface area contributed by atoms with Gasteiger partial charge in [-0.3, -0.25) is 4.79 Å². The van der Waals surface area contributed by atoms with Gasteiger partial charge in [-0.05, 0) is 74.9 Å². The maximum absolute atomic E-state index is 13.0. The smallest absolute Gasteiger partial charge is 0.159 e. The first kappa shape index (κ1) is 25.3. The zero-order valence-corrected chi connectivity index (χ0v) is 21.5. The van der Waals surface area contributed by atoms with Crippen molar-refractivity contribution in [2.75, 3.05) is 0 Å². The molecule has 2 aliphatic carbocycles. The summed E-state index contributed by atoms with van der Waals surface area (Å²) in [5, 5.41) is 4.05. The molecule has 2 aliphatic rings. The van der Waals surface area contributed by atoms with Crippen molar-refractivity contribution in [1.82, 2.24) is 14.7 Å². The highest BCUT2D eigenvalue weighted by molar-refractivity contribution is 5.86. The van der Waals surface area contributed by atoms with E-state index in [-0.39, 0.29) is 11.7 Å². The number of rotatable bonds is 3. The maximum atomic E-state index is 13.0. The van der Waals surface area contributed by atoms with Gasteiger partial charge in [0.2, 0.25) is 0 Å². The molecular formula is C30H33F2N3O2. The van der Waals surface area contributed by atoms with E-state index in [2.05, 4.69) is 32.9 Å². The van der Waals surface area contributed by atoms with Crippen LogP contribution in [0.1, 0.15) is 86.8 Å². The lowest BCUT2D eigenvalue weighted by atomic mass is 9.83. The van der Waals surface area contributed by atoms with Gasteiger partial charge in [0.1, 0.15) is 11.5 Å². The Bertz CT molecular complexity index is 1380. The molecule has 0 bridgehead atoms. The normalized spacial score (nSPS) is 18.6. The average Bonchev–Trinajstić information content (AvgIpc) is 3.49. The summed E-state index contributed by atoms with van der Waals surface area (Å²) in [6.07, 6.45) is 11.8. The van der Waals surface area contributed by atoms with Gasteiger partial charge in [0, 0.05) is 23.9 Å². The van der Waals surface area contributed by atoms with Crippen molar-refractivity contribution in [3.63, 3.8) is 0 Å². The summed E-state index contributed by atoms with van der Waals surface area (Å²) < 4.78 is 33.3. The van der Waals surface area contributed by atoms with Crippen LogP contribution in [0.2, 0.25) is 0 Å². The summed E-state index contributed by atoms with van der Waals surface area (Å²) in [6, 6.07) is 10.9. The molecule has 7 heteroatoms. The Hall–Kier alpha value is -3.35. The SMILES string of the molecule is Cc1noc(C)c1-c1ccc2c(c1)ncn2C1CCCCC1.O=C1CCCCC1c1ccc(F)c(F)c1. The first-order valence-electron chi connectivity index (χ1n) is 13.3. The van der Waals surface area contributed by atoms with Crippen molar-refractivity contribution in [3.8, 4) is 11.1 Å². The molecule has 0 saturated heterocycles. The average molecular weight is 506 g/mol. The number of aromatic nitrogens is 3. The van der Waals surface area contributed by atoms with Crippen LogP contribution in [0.25, 0.3) is 22.2 Å². The van der Waals surface area contributed by atoms with E-state index >= 15 is 0 Å². The molecule has 194 valence electrons. The topological polar surface area (TPSA) is 60.9 Å². The molecule has 2 aromatic carbocycles. The zero-order chi connectivity index (χ0) is 25.9. The summed E-state index contributed by atoms with van der Waals surface area (Å²) in [4.78, 5) is 16.2. The Kier molecular flexibility index (Phi) is 7.49. The largest absolute Gasteiger partial charge is 0.361 e. The number of hydrogen-bond acceptors (Lipinski definition) is 4. The number of aryl methyl sites for hydroxylation is 2. The summed E-state index contributed by atoms with van der Waals surface area (Å²) in [5.74, 6) is -0.947. The van der Waals surface area contributed by atoms with Crippen LogP contribution in [0, 0.1) is 25.5 Å². The van der Waals surface area contributed by atoms with Gasteiger partial charge in [-0.25, -0.2) is 13.8 Å². The fraction of sp³-hybridized carbons (Fsp3) is 0.433. The van der Waals surface area contributed by atoms with E-state index in [9.17, 15) is 13.6 Å². The third-order valence-electron chi connectivity index (χ3n) is 7.77. The molecule has 0 radical (unpaired) electrons. The van der Waals surface area contributed by atoms with Gasteiger partial charge in [-0.2, -0.15) is 0 Å². The van der Waals surface area contributed by atoms with Gasteiger partial charge in [0.25, 0.3) is 0 Å². The number of carbonyl (C=O) groups excluding carboxylic acids is 1. The highest BCUT2D eigenvalue weighted by Crippen LogP contribution is 2.34. The lowest BCUT2D eigenvalue weighted by Crippen LogP contribution is -2.17. The van der Waals surface area contributed by atoms with E-state index in [1.54, 1.807) is 0 Å². The summed E-state index contributed by atoms with van der Waals surface area (Å²) in [7, 11) is 0. The maximum Gasteiger partial charge on any atom is 0.159 e. The second kappa shape index (κ2) is 11.0. The Labute approximate surface area is 215 Å². The molecule has 2 saturated carbocycles. The Morgan fingerprint density at radius 1 is 0.919 bits per heavy atom. The van der Waals surface area contributed by atoms with E-state index in [1.165, 1.54) is 43.7 Å². The number of nitrogens with zero attached hydrogens (tertiary/aromatic N) is 3. The predicted molar refractivity (Wildman–Crippen MR) is 139 cm³/mol. The number of hydrogen-bond donors (Lipinski definition) is 0. The molecule has 1 atom stereocenters. The van der Waals surface area contributed by atoms with E-state index in [0.717, 1.165) is 59.5 Å². The molecule has 2 heterocycles. The molecule has 4 aromatic rings. The van der Waals surface area contributed by atoms with Gasteiger partial charge in [-0.1, -0.05) is 43.0 Å². The quantitative estimate of drug-likeness (QED) is 0.283. The highest BCUT2D eigenvalue weighted by atomic mass is 19.2. The highest BCUT2D eigenvalue weighted by Gasteiger charge is 2.24. The number of benzene rings is 2. The summed E-state index contributed by atoms with van der Waals surface area (Å²) >= 11 is 0. The van der Waals surface area contributed by atoms with Crippen molar-refractivity contribution < 1.29 is 18.1 Å². The molecule has 0 spiro atoms. The number of imidazole rings is 1. The lowest BCUT2D eigenvalue weighted by Gasteiger charge is -2.23. The minimum absolute atomic E-state index is 0.146. The molecule has 6 rings (SSSR count). The molecule has 1 unspecified atom stereocenters. The van der Waals surface area contributed by atoms with Crippen molar-refractivity contribution in [2.24, 2.45) is 0 Å². The third kappa shape index (κ3) is 5.36. The standard InChI is InChI=1S/C18H21N3O.C12H12F2O/c1-12-18(13(2)22-20-12)14-8-9-17-16(10-14)19-11-21(17)15-6-4-3-5-7-15;13-10-6-5-8(7-11(10)14)9-3-1-2-4-12(9)15/h8-11,15H,3-7H2,1-2H3;5-7,9H,1-4H2. The van der Waals surface area contributed by atoms with E-state index in [1.807, 2.05) is 20.2 Å². The molecule has 2 aromatic heterocycles. The van der Waals surface area contributed by atoms with Crippen LogP contribution in [0.3, 0.4) is 0 Å². The van der Waals surface area contributed by atoms with Gasteiger partial charge < -0.3 is 9.09 Å². The van der Waals surface area contributed by atoms with Gasteiger partial charge in [-0.15, -0.1) is 0 Å². The fourth-order valence-corrected chi connectivity index (χ4v) is 5.80. The van der Waals surface area contributed by atoms with Crippen molar-refractivity contribution >= 4 is 16.8 Å². The van der Waals surface area contributed by atoms with Crippen molar-refractivity contribution in [3.05, 3.63) is 71.4 Å². The van der Waals surface area contributed by atoms with Crippen molar-refractivity contribution in [2.45, 2.75) is 83.6 Å². The number of halogens is 2. The molecular weight excluding hydrogens is 472 g/mol. The number of carbonyl (C=O) groups is 1. The minimum Gasteiger partial charge on any atom is -0.361 e. The second-order valence-electron chi connectivity index (χ2n) is 10.3. The van der Waals surface area contributed by atoms with Gasteiger partial charge >= 0.3 is 0 Å². The predicted octanol–water partition coefficient (Wildman–Crippen LogP) is 8.00. The fourth-order valence-electron chi connectivity index (χ4n) is 5.80. The molecule has 0 amide bonds. The van der Waals surface area contributed by atoms with Crippen LogP contribution in [-0.4, -0.2) is 20.5 Å². The molecule has 2 fully saturated rings. The first-order valence-corrected chi connectivity index (χ1v) is 13.3. The second-order valence-corrected chi connectivity index (χ2v) is 10.3. The van der Waals surface area contributed by atoms with Crippen LogP contribution < -0.4 is 0 Å². The lowest BCUT2D eigenvalue weighted by molar-refractivity contribution is -0.121. The van der Waals surface area contributed by atoms with Crippen molar-refractivity contribution in [1.29, 1.82) is 0 Å².